The lowest BCUT2D eigenvalue weighted by Gasteiger charge is -2.13. The van der Waals surface area contributed by atoms with Crippen LogP contribution in [0.4, 0.5) is 13.2 Å². The van der Waals surface area contributed by atoms with Crippen molar-refractivity contribution in [2.24, 2.45) is 5.18 Å². The minimum atomic E-state index is -4.72. The van der Waals surface area contributed by atoms with Crippen LogP contribution in [0.5, 0.6) is 0 Å². The van der Waals surface area contributed by atoms with E-state index in [-0.39, 0.29) is 15.6 Å². The van der Waals surface area contributed by atoms with Crippen molar-refractivity contribution in [2.45, 2.75) is 12.2 Å². The molecule has 2 nitrogen and oxygen atoms in total. The molecular weight excluding hydrogens is 254 g/mol. The predicted octanol–water partition coefficient (Wildman–Crippen LogP) is 4.36. The van der Waals surface area contributed by atoms with Crippen molar-refractivity contribution in [3.05, 3.63) is 38.7 Å². The summed E-state index contributed by atoms with van der Waals surface area (Å²) in [4.78, 5) is 10.1. The SMILES string of the molecule is O=NC(c1ccc(Cl)c(Cl)c1)C(F)(F)F. The molecule has 0 aliphatic carbocycles. The standard InChI is InChI=1S/C8H4Cl2F3NO/c9-5-2-1-4(3-6(5)10)7(14-15)8(11,12)13/h1-3,7H. The summed E-state index contributed by atoms with van der Waals surface area (Å²) in [5.74, 6) is 0. The molecule has 15 heavy (non-hydrogen) atoms. The normalized spacial score (nSPS) is 13.7. The van der Waals surface area contributed by atoms with Crippen molar-refractivity contribution in [1.29, 1.82) is 0 Å². The van der Waals surface area contributed by atoms with Crippen LogP contribution in [0.25, 0.3) is 0 Å². The van der Waals surface area contributed by atoms with Crippen LogP contribution in [0, 0.1) is 4.91 Å². The van der Waals surface area contributed by atoms with Crippen LogP contribution in [0.2, 0.25) is 10.0 Å². The minimum Gasteiger partial charge on any atom is -0.168 e. The highest BCUT2D eigenvalue weighted by atomic mass is 35.5. The first-order chi connectivity index (χ1) is 6.86. The van der Waals surface area contributed by atoms with E-state index in [1.807, 2.05) is 5.18 Å². The van der Waals surface area contributed by atoms with Crippen LogP contribution < -0.4 is 0 Å². The van der Waals surface area contributed by atoms with Gasteiger partial charge in [-0.25, -0.2) is 0 Å². The van der Waals surface area contributed by atoms with E-state index in [0.717, 1.165) is 12.1 Å². The molecule has 0 saturated carbocycles. The maximum atomic E-state index is 12.3. The smallest absolute Gasteiger partial charge is 0.168 e. The van der Waals surface area contributed by atoms with Gasteiger partial charge in [0, 0.05) is 0 Å². The van der Waals surface area contributed by atoms with Gasteiger partial charge in [0.2, 0.25) is 6.04 Å². The highest BCUT2D eigenvalue weighted by Gasteiger charge is 2.42. The summed E-state index contributed by atoms with van der Waals surface area (Å²) < 4.78 is 36.8. The van der Waals surface area contributed by atoms with Crippen molar-refractivity contribution >= 4 is 23.2 Å². The fraction of sp³-hybridized carbons (Fsp3) is 0.250. The van der Waals surface area contributed by atoms with Crippen LogP contribution in [-0.2, 0) is 0 Å². The number of alkyl halides is 3. The van der Waals surface area contributed by atoms with Gasteiger partial charge < -0.3 is 0 Å². The Hall–Kier alpha value is -0.810. The molecule has 0 saturated heterocycles. The highest BCUT2D eigenvalue weighted by molar-refractivity contribution is 6.42. The van der Waals surface area contributed by atoms with E-state index in [4.69, 9.17) is 23.2 Å². The maximum Gasteiger partial charge on any atom is 0.418 e. The number of hydrogen-bond donors (Lipinski definition) is 0. The quantitative estimate of drug-likeness (QED) is 0.724. The van der Waals surface area contributed by atoms with E-state index >= 15 is 0 Å². The lowest BCUT2D eigenvalue weighted by Crippen LogP contribution is -2.18. The van der Waals surface area contributed by atoms with Crippen LogP contribution >= 0.6 is 23.2 Å². The van der Waals surface area contributed by atoms with Gasteiger partial charge in [-0.15, -0.1) is 4.91 Å². The zero-order chi connectivity index (χ0) is 11.6. The van der Waals surface area contributed by atoms with Crippen molar-refractivity contribution in [3.8, 4) is 0 Å². The predicted molar refractivity (Wildman–Crippen MR) is 51.1 cm³/mol. The molecule has 0 N–H and O–H groups in total. The Morgan fingerprint density at radius 3 is 2.20 bits per heavy atom. The minimum absolute atomic E-state index is 0.0490. The van der Waals surface area contributed by atoms with Crippen LogP contribution in [0.15, 0.2) is 23.4 Å². The molecule has 1 aromatic rings. The van der Waals surface area contributed by atoms with E-state index < -0.39 is 12.2 Å². The van der Waals surface area contributed by atoms with Crippen LogP contribution in [0.1, 0.15) is 11.6 Å². The molecule has 0 fully saturated rings. The third kappa shape index (κ3) is 2.82. The van der Waals surface area contributed by atoms with Gasteiger partial charge in [-0.1, -0.05) is 34.4 Å². The number of hydrogen-bond acceptors (Lipinski definition) is 2. The zero-order valence-corrected chi connectivity index (χ0v) is 8.57. The van der Waals surface area contributed by atoms with E-state index in [0.29, 0.717) is 0 Å². The fourth-order valence-corrected chi connectivity index (χ4v) is 1.30. The number of benzene rings is 1. The van der Waals surface area contributed by atoms with Crippen LogP contribution in [0.3, 0.4) is 0 Å². The Labute approximate surface area is 93.0 Å². The van der Waals surface area contributed by atoms with E-state index in [2.05, 4.69) is 0 Å². The van der Waals surface area contributed by atoms with E-state index in [9.17, 15) is 18.1 Å². The van der Waals surface area contributed by atoms with Crippen molar-refractivity contribution in [3.63, 3.8) is 0 Å². The van der Waals surface area contributed by atoms with Crippen LogP contribution in [-0.4, -0.2) is 6.18 Å². The van der Waals surface area contributed by atoms with Gasteiger partial charge >= 0.3 is 6.18 Å². The van der Waals surface area contributed by atoms with Gasteiger partial charge in [0.05, 0.1) is 10.0 Å². The molecule has 7 heteroatoms. The van der Waals surface area contributed by atoms with E-state index in [1.54, 1.807) is 0 Å². The third-order valence-electron chi connectivity index (χ3n) is 1.67. The lowest BCUT2D eigenvalue weighted by atomic mass is 10.1. The number of halogens is 5. The Morgan fingerprint density at radius 2 is 1.80 bits per heavy atom. The number of rotatable bonds is 2. The number of nitrogens with zero attached hydrogens (tertiary/aromatic N) is 1. The molecule has 1 aromatic carbocycles. The summed E-state index contributed by atoms with van der Waals surface area (Å²) >= 11 is 11.0. The lowest BCUT2D eigenvalue weighted by molar-refractivity contribution is -0.148. The third-order valence-corrected chi connectivity index (χ3v) is 2.41. The summed E-state index contributed by atoms with van der Waals surface area (Å²) in [6.45, 7) is 0. The highest BCUT2D eigenvalue weighted by Crippen LogP contribution is 2.37. The largest absolute Gasteiger partial charge is 0.418 e. The Bertz CT molecular complexity index is 381. The summed E-state index contributed by atoms with van der Waals surface area (Å²) in [5, 5.41) is 2.09. The van der Waals surface area contributed by atoms with Gasteiger partial charge in [0.1, 0.15) is 0 Å². The molecule has 0 amide bonds. The first kappa shape index (κ1) is 12.3. The van der Waals surface area contributed by atoms with Gasteiger partial charge in [0.25, 0.3) is 0 Å². The summed E-state index contributed by atoms with van der Waals surface area (Å²) in [5.41, 5.74) is -0.327. The molecule has 0 aliphatic heterocycles. The molecule has 0 radical (unpaired) electrons. The zero-order valence-electron chi connectivity index (χ0n) is 7.05. The summed E-state index contributed by atoms with van der Waals surface area (Å²) in [7, 11) is 0. The van der Waals surface area contributed by atoms with E-state index in [1.165, 1.54) is 6.07 Å². The number of nitroso groups, excluding NO2 is 1. The molecule has 1 atom stereocenters. The average molecular weight is 258 g/mol. The molecule has 0 spiro atoms. The first-order valence-corrected chi connectivity index (χ1v) is 4.46. The molecule has 0 heterocycles. The van der Waals surface area contributed by atoms with Gasteiger partial charge in [-0.2, -0.15) is 13.2 Å². The summed E-state index contributed by atoms with van der Waals surface area (Å²) in [6.07, 6.45) is -4.72. The monoisotopic (exact) mass is 257 g/mol. The van der Waals surface area contributed by atoms with Gasteiger partial charge in [-0.3, -0.25) is 0 Å². The molecule has 1 rings (SSSR count). The summed E-state index contributed by atoms with van der Waals surface area (Å²) in [6, 6.07) is 0.813. The Kier molecular flexibility index (Phi) is 3.57. The van der Waals surface area contributed by atoms with Crippen molar-refractivity contribution < 1.29 is 13.2 Å². The molecule has 0 aliphatic rings. The Balaban J connectivity index is 3.14. The maximum absolute atomic E-state index is 12.3. The topological polar surface area (TPSA) is 29.4 Å². The fourth-order valence-electron chi connectivity index (χ4n) is 0.992. The second kappa shape index (κ2) is 4.37. The van der Waals surface area contributed by atoms with Crippen molar-refractivity contribution in [1.82, 2.24) is 0 Å². The van der Waals surface area contributed by atoms with Crippen molar-refractivity contribution in [2.75, 3.05) is 0 Å². The molecule has 82 valence electrons. The first-order valence-electron chi connectivity index (χ1n) is 3.70. The average Bonchev–Trinajstić information content (AvgIpc) is 2.10. The molecular formula is C8H4Cl2F3NO. The molecule has 1 unspecified atom stereocenters. The second-order valence-corrected chi connectivity index (χ2v) is 3.54. The molecule has 0 aromatic heterocycles. The second-order valence-electron chi connectivity index (χ2n) is 2.72. The molecule has 0 bridgehead atoms. The van der Waals surface area contributed by atoms with Gasteiger partial charge in [0.15, 0.2) is 0 Å². The van der Waals surface area contributed by atoms with Gasteiger partial charge in [-0.05, 0) is 17.7 Å². The Morgan fingerprint density at radius 1 is 1.20 bits per heavy atom.